The third-order valence-electron chi connectivity index (χ3n) is 5.29. The Labute approximate surface area is 188 Å². The molecule has 0 aliphatic carbocycles. The van der Waals surface area contributed by atoms with Gasteiger partial charge in [0.2, 0.25) is 0 Å². The van der Waals surface area contributed by atoms with Crippen LogP contribution >= 0.6 is 0 Å². The van der Waals surface area contributed by atoms with Crippen LogP contribution in [-0.4, -0.2) is 12.4 Å². The van der Waals surface area contributed by atoms with Crippen LogP contribution in [0, 0.1) is 6.92 Å². The van der Waals surface area contributed by atoms with Crippen LogP contribution in [0.5, 0.6) is 11.5 Å². The Morgan fingerprint density at radius 2 is 1.62 bits per heavy atom. The SMILES string of the molecule is CCOc1cc(/C=C/C(=O)c2ccc(C)cc2)ccc1OCc1cccc2ccccc12. The van der Waals surface area contributed by atoms with Crippen LogP contribution in [0.25, 0.3) is 16.8 Å². The summed E-state index contributed by atoms with van der Waals surface area (Å²) in [7, 11) is 0. The molecule has 0 aliphatic rings. The molecule has 0 saturated heterocycles. The molecule has 0 bridgehead atoms. The van der Waals surface area contributed by atoms with E-state index in [2.05, 4.69) is 24.3 Å². The standard InChI is InChI=1S/C29H26O3/c1-3-31-29-19-22(13-17-27(30)24-15-11-21(2)12-16-24)14-18-28(29)32-20-25-9-6-8-23-7-4-5-10-26(23)25/h4-19H,3,20H2,1-2H3/b17-13+. The zero-order chi connectivity index (χ0) is 22.3. The minimum atomic E-state index is -0.0285. The second-order valence-corrected chi connectivity index (χ2v) is 7.63. The number of hydrogen-bond acceptors (Lipinski definition) is 3. The van der Waals surface area contributed by atoms with E-state index in [-0.39, 0.29) is 5.78 Å². The largest absolute Gasteiger partial charge is 0.490 e. The van der Waals surface area contributed by atoms with Crippen LogP contribution in [0.4, 0.5) is 0 Å². The van der Waals surface area contributed by atoms with Gasteiger partial charge in [-0.1, -0.05) is 84.4 Å². The average molecular weight is 423 g/mol. The molecule has 0 unspecified atom stereocenters. The van der Waals surface area contributed by atoms with Gasteiger partial charge in [0.25, 0.3) is 0 Å². The van der Waals surface area contributed by atoms with Gasteiger partial charge in [0.1, 0.15) is 6.61 Å². The molecule has 0 fully saturated rings. The van der Waals surface area contributed by atoms with Crippen molar-refractivity contribution in [3.63, 3.8) is 0 Å². The van der Waals surface area contributed by atoms with E-state index in [0.29, 0.717) is 30.3 Å². The third-order valence-corrected chi connectivity index (χ3v) is 5.29. The van der Waals surface area contributed by atoms with Gasteiger partial charge in [-0.2, -0.15) is 0 Å². The van der Waals surface area contributed by atoms with Crippen molar-refractivity contribution in [2.75, 3.05) is 6.61 Å². The number of ketones is 1. The minimum Gasteiger partial charge on any atom is -0.490 e. The summed E-state index contributed by atoms with van der Waals surface area (Å²) in [6, 6.07) is 27.8. The van der Waals surface area contributed by atoms with Gasteiger partial charge in [-0.15, -0.1) is 0 Å². The number of hydrogen-bond donors (Lipinski definition) is 0. The van der Waals surface area contributed by atoms with E-state index in [1.54, 1.807) is 12.2 Å². The molecule has 3 nitrogen and oxygen atoms in total. The van der Waals surface area contributed by atoms with Gasteiger partial charge < -0.3 is 9.47 Å². The number of allylic oxidation sites excluding steroid dienone is 1. The van der Waals surface area contributed by atoms with E-state index in [0.717, 1.165) is 16.7 Å². The number of carbonyl (C=O) groups is 1. The summed E-state index contributed by atoms with van der Waals surface area (Å²) in [4.78, 5) is 12.4. The van der Waals surface area contributed by atoms with E-state index in [4.69, 9.17) is 9.47 Å². The highest BCUT2D eigenvalue weighted by molar-refractivity contribution is 6.06. The summed E-state index contributed by atoms with van der Waals surface area (Å²) in [6.07, 6.45) is 3.39. The van der Waals surface area contributed by atoms with Crippen molar-refractivity contribution in [1.29, 1.82) is 0 Å². The normalized spacial score (nSPS) is 11.1. The molecule has 0 radical (unpaired) electrons. The Balaban J connectivity index is 1.51. The van der Waals surface area contributed by atoms with Crippen molar-refractivity contribution < 1.29 is 14.3 Å². The van der Waals surface area contributed by atoms with Gasteiger partial charge >= 0.3 is 0 Å². The molecule has 0 saturated carbocycles. The summed E-state index contributed by atoms with van der Waals surface area (Å²) in [5, 5.41) is 2.37. The smallest absolute Gasteiger partial charge is 0.185 e. The lowest BCUT2D eigenvalue weighted by atomic mass is 10.1. The maximum Gasteiger partial charge on any atom is 0.185 e. The Morgan fingerprint density at radius 3 is 2.44 bits per heavy atom. The quantitative estimate of drug-likeness (QED) is 0.226. The van der Waals surface area contributed by atoms with Crippen molar-refractivity contribution in [3.8, 4) is 11.5 Å². The highest BCUT2D eigenvalue weighted by atomic mass is 16.5. The lowest BCUT2D eigenvalue weighted by Crippen LogP contribution is -2.00. The van der Waals surface area contributed by atoms with Gasteiger partial charge in [-0.05, 0) is 54.0 Å². The second-order valence-electron chi connectivity index (χ2n) is 7.63. The molecule has 0 amide bonds. The molecule has 0 atom stereocenters. The van der Waals surface area contributed by atoms with Crippen LogP contribution in [0.3, 0.4) is 0 Å². The molecule has 0 N–H and O–H groups in total. The summed E-state index contributed by atoms with van der Waals surface area (Å²) >= 11 is 0. The van der Waals surface area contributed by atoms with Crippen LogP contribution < -0.4 is 9.47 Å². The molecule has 160 valence electrons. The van der Waals surface area contributed by atoms with Crippen LogP contribution in [-0.2, 0) is 6.61 Å². The first-order chi connectivity index (χ1) is 15.6. The minimum absolute atomic E-state index is 0.0285. The first-order valence-electron chi connectivity index (χ1n) is 10.8. The van der Waals surface area contributed by atoms with Gasteiger partial charge in [-0.3, -0.25) is 4.79 Å². The Morgan fingerprint density at radius 1 is 0.844 bits per heavy atom. The van der Waals surface area contributed by atoms with Gasteiger partial charge in [-0.25, -0.2) is 0 Å². The van der Waals surface area contributed by atoms with Crippen LogP contribution in [0.15, 0.2) is 91.0 Å². The predicted octanol–water partition coefficient (Wildman–Crippen LogP) is 7.02. The molecule has 4 aromatic carbocycles. The highest BCUT2D eigenvalue weighted by Gasteiger charge is 2.08. The zero-order valence-electron chi connectivity index (χ0n) is 18.4. The molecule has 0 heterocycles. The molecule has 3 heteroatoms. The zero-order valence-corrected chi connectivity index (χ0v) is 18.4. The summed E-state index contributed by atoms with van der Waals surface area (Å²) in [5.41, 5.74) is 3.81. The van der Waals surface area contributed by atoms with Gasteiger partial charge in [0.05, 0.1) is 6.61 Å². The number of aryl methyl sites for hydroxylation is 1. The number of benzene rings is 4. The number of rotatable bonds is 8. The van der Waals surface area contributed by atoms with Crippen molar-refractivity contribution in [2.45, 2.75) is 20.5 Å². The average Bonchev–Trinajstić information content (AvgIpc) is 2.82. The topological polar surface area (TPSA) is 35.5 Å². The maximum absolute atomic E-state index is 12.4. The number of fused-ring (bicyclic) bond motifs is 1. The fourth-order valence-corrected chi connectivity index (χ4v) is 3.58. The Bertz CT molecular complexity index is 1250. The van der Waals surface area contributed by atoms with E-state index in [1.807, 2.05) is 74.5 Å². The Hall–Kier alpha value is -3.85. The van der Waals surface area contributed by atoms with Gasteiger partial charge in [0, 0.05) is 5.56 Å². The molecule has 4 rings (SSSR count). The van der Waals surface area contributed by atoms with Crippen molar-refractivity contribution in [1.82, 2.24) is 0 Å². The van der Waals surface area contributed by atoms with E-state index in [9.17, 15) is 4.79 Å². The summed E-state index contributed by atoms with van der Waals surface area (Å²) < 4.78 is 11.9. The van der Waals surface area contributed by atoms with Crippen molar-refractivity contribution in [2.24, 2.45) is 0 Å². The molecular formula is C29H26O3. The molecule has 32 heavy (non-hydrogen) atoms. The first-order valence-corrected chi connectivity index (χ1v) is 10.8. The molecule has 4 aromatic rings. The summed E-state index contributed by atoms with van der Waals surface area (Å²) in [5.74, 6) is 1.32. The fraction of sp³-hybridized carbons (Fsp3) is 0.138. The first kappa shape index (κ1) is 21.4. The monoisotopic (exact) mass is 422 g/mol. The highest BCUT2D eigenvalue weighted by Crippen LogP contribution is 2.30. The lowest BCUT2D eigenvalue weighted by Gasteiger charge is -2.14. The van der Waals surface area contributed by atoms with Crippen LogP contribution in [0.1, 0.15) is 34.0 Å². The Kier molecular flexibility index (Phi) is 6.66. The predicted molar refractivity (Wildman–Crippen MR) is 130 cm³/mol. The molecule has 0 aliphatic heterocycles. The van der Waals surface area contributed by atoms with E-state index < -0.39 is 0 Å². The van der Waals surface area contributed by atoms with Crippen molar-refractivity contribution >= 4 is 22.6 Å². The third kappa shape index (κ3) is 5.06. The van der Waals surface area contributed by atoms with Crippen molar-refractivity contribution in [3.05, 3.63) is 113 Å². The number of ether oxygens (including phenoxy) is 2. The van der Waals surface area contributed by atoms with E-state index in [1.165, 1.54) is 10.8 Å². The lowest BCUT2D eigenvalue weighted by molar-refractivity contribution is 0.104. The second kappa shape index (κ2) is 9.97. The molecular weight excluding hydrogens is 396 g/mol. The van der Waals surface area contributed by atoms with Gasteiger partial charge in [0.15, 0.2) is 17.3 Å². The maximum atomic E-state index is 12.4. The van der Waals surface area contributed by atoms with E-state index >= 15 is 0 Å². The fourth-order valence-electron chi connectivity index (χ4n) is 3.58. The van der Waals surface area contributed by atoms with Crippen LogP contribution in [0.2, 0.25) is 0 Å². The number of carbonyl (C=O) groups excluding carboxylic acids is 1. The molecule has 0 spiro atoms. The summed E-state index contributed by atoms with van der Waals surface area (Å²) in [6.45, 7) is 4.92. The molecule has 0 aromatic heterocycles.